The van der Waals surface area contributed by atoms with E-state index in [1.54, 1.807) is 0 Å². The third-order valence-electron chi connectivity index (χ3n) is 4.88. The van der Waals surface area contributed by atoms with Gasteiger partial charge in [0.2, 0.25) is 0 Å². The van der Waals surface area contributed by atoms with E-state index in [0.29, 0.717) is 0 Å². The number of fused-ring (bicyclic) bond motifs is 1. The maximum atomic E-state index is 13.2. The smallest absolute Gasteiger partial charge is 0.193 e. The van der Waals surface area contributed by atoms with Crippen LogP contribution in [0.3, 0.4) is 0 Å². The van der Waals surface area contributed by atoms with Crippen LogP contribution in [-0.2, 0) is 0 Å². The van der Waals surface area contributed by atoms with E-state index in [9.17, 15) is 4.79 Å². The molecule has 128 valence electrons. The molecule has 2 heteroatoms. The first-order valence-electron chi connectivity index (χ1n) is 8.84. The number of nitrogens with zero attached hydrogens (tertiary/aromatic N) is 1. The topological polar surface area (TPSA) is 20.3 Å². The predicted molar refractivity (Wildman–Crippen MR) is 108 cm³/mol. The molecule has 26 heavy (non-hydrogen) atoms. The van der Waals surface area contributed by atoms with Gasteiger partial charge in [0.25, 0.3) is 0 Å². The highest BCUT2D eigenvalue weighted by Gasteiger charge is 2.19. The number of carbonyl (C=O) groups is 1. The van der Waals surface area contributed by atoms with Crippen molar-refractivity contribution in [3.63, 3.8) is 0 Å². The number of hydrogen-bond donors (Lipinski definition) is 0. The number of ketones is 1. The molecular formula is C24H21NO. The molecule has 0 atom stereocenters. The minimum Gasteiger partial charge on any atom is -0.378 e. The number of hydrogen-bond acceptors (Lipinski definition) is 2. The zero-order valence-electron chi connectivity index (χ0n) is 15.1. The minimum absolute atomic E-state index is 0.0746. The maximum absolute atomic E-state index is 13.2. The zero-order valence-corrected chi connectivity index (χ0v) is 15.1. The van der Waals surface area contributed by atoms with E-state index in [0.717, 1.165) is 33.9 Å². The van der Waals surface area contributed by atoms with Gasteiger partial charge in [-0.3, -0.25) is 4.79 Å². The Kier molecular flexibility index (Phi) is 4.18. The summed E-state index contributed by atoms with van der Waals surface area (Å²) in [5.74, 6) is 0.0746. The largest absolute Gasteiger partial charge is 0.378 e. The molecule has 0 saturated carbocycles. The lowest BCUT2D eigenvalue weighted by molar-refractivity contribution is 0.103. The second kappa shape index (κ2) is 6.64. The predicted octanol–water partition coefficient (Wildman–Crippen LogP) is 5.30. The molecule has 3 aromatic carbocycles. The number of carbonyl (C=O) groups excluding carboxylic acids is 1. The molecule has 0 N–H and O–H groups in total. The zero-order chi connectivity index (χ0) is 18.1. The normalized spacial score (nSPS) is 13.5. The molecule has 2 nitrogen and oxygen atoms in total. The number of rotatable bonds is 4. The Labute approximate surface area is 154 Å². The van der Waals surface area contributed by atoms with Crippen LogP contribution >= 0.6 is 0 Å². The standard InChI is InChI=1S/C24H21NO/c1-25(2)21-13-12-20(14-21)22-15-18-10-6-7-11-19(18)16-23(22)24(26)17-8-4-3-5-9-17/h3-11,13-16H,12H2,1-2H3. The van der Waals surface area contributed by atoms with Crippen LogP contribution in [0.25, 0.3) is 16.3 Å². The SMILES string of the molecule is CN(C)C1=CCC(c2cc3ccccc3cc2C(=O)c2ccccc2)=C1. The highest BCUT2D eigenvalue weighted by atomic mass is 16.1. The van der Waals surface area contributed by atoms with E-state index in [1.807, 2.05) is 62.6 Å². The van der Waals surface area contributed by atoms with Crippen LogP contribution in [0.5, 0.6) is 0 Å². The van der Waals surface area contributed by atoms with E-state index >= 15 is 0 Å². The lowest BCUT2D eigenvalue weighted by Gasteiger charge is -2.13. The molecule has 0 fully saturated rings. The molecule has 1 aliphatic rings. The van der Waals surface area contributed by atoms with Crippen molar-refractivity contribution >= 4 is 22.1 Å². The minimum atomic E-state index is 0.0746. The van der Waals surface area contributed by atoms with Crippen LogP contribution in [0, 0.1) is 0 Å². The molecule has 3 aromatic rings. The van der Waals surface area contributed by atoms with Crippen molar-refractivity contribution in [1.82, 2.24) is 4.90 Å². The van der Waals surface area contributed by atoms with E-state index < -0.39 is 0 Å². The molecule has 0 spiro atoms. The summed E-state index contributed by atoms with van der Waals surface area (Å²) in [6, 6.07) is 21.9. The number of allylic oxidation sites excluding steroid dienone is 3. The van der Waals surface area contributed by atoms with Crippen molar-refractivity contribution in [3.8, 4) is 0 Å². The van der Waals surface area contributed by atoms with E-state index in [4.69, 9.17) is 0 Å². The quantitative estimate of drug-likeness (QED) is 0.601. The van der Waals surface area contributed by atoms with Gasteiger partial charge in [-0.1, -0.05) is 60.7 Å². The molecule has 0 aromatic heterocycles. The lowest BCUT2D eigenvalue weighted by Crippen LogP contribution is -2.07. The summed E-state index contributed by atoms with van der Waals surface area (Å²) in [7, 11) is 4.09. The summed E-state index contributed by atoms with van der Waals surface area (Å²) in [6.07, 6.45) is 5.24. The Morgan fingerprint density at radius 3 is 2.19 bits per heavy atom. The van der Waals surface area contributed by atoms with Crippen LogP contribution < -0.4 is 0 Å². The van der Waals surface area contributed by atoms with Crippen molar-refractivity contribution in [2.24, 2.45) is 0 Å². The van der Waals surface area contributed by atoms with Crippen molar-refractivity contribution in [3.05, 3.63) is 101 Å². The molecule has 0 bridgehead atoms. The molecule has 4 rings (SSSR count). The van der Waals surface area contributed by atoms with Crippen LogP contribution in [0.1, 0.15) is 27.9 Å². The summed E-state index contributed by atoms with van der Waals surface area (Å²) in [5.41, 5.74) is 4.91. The summed E-state index contributed by atoms with van der Waals surface area (Å²) in [4.78, 5) is 15.3. The Bertz CT molecular complexity index is 1040. The molecular weight excluding hydrogens is 318 g/mol. The van der Waals surface area contributed by atoms with Gasteiger partial charge in [0.1, 0.15) is 0 Å². The first kappa shape index (κ1) is 16.3. The Balaban J connectivity index is 1.88. The molecule has 0 radical (unpaired) electrons. The van der Waals surface area contributed by atoms with Gasteiger partial charge in [-0.05, 0) is 46.5 Å². The van der Waals surface area contributed by atoms with Crippen LogP contribution in [0.15, 0.2) is 84.6 Å². The van der Waals surface area contributed by atoms with Crippen molar-refractivity contribution in [2.75, 3.05) is 14.1 Å². The molecule has 0 saturated heterocycles. The molecule has 0 heterocycles. The van der Waals surface area contributed by atoms with Crippen LogP contribution in [0.4, 0.5) is 0 Å². The van der Waals surface area contributed by atoms with E-state index in [-0.39, 0.29) is 5.78 Å². The average molecular weight is 339 g/mol. The Morgan fingerprint density at radius 2 is 1.54 bits per heavy atom. The third-order valence-corrected chi connectivity index (χ3v) is 4.88. The second-order valence-corrected chi connectivity index (χ2v) is 6.84. The van der Waals surface area contributed by atoms with Gasteiger partial charge in [-0.25, -0.2) is 0 Å². The molecule has 0 amide bonds. The molecule has 1 aliphatic carbocycles. The number of likely N-dealkylation sites (N-methyl/N-ethyl adjacent to an activating group) is 1. The van der Waals surface area contributed by atoms with Gasteiger partial charge in [0.15, 0.2) is 5.78 Å². The summed E-state index contributed by atoms with van der Waals surface area (Å²) < 4.78 is 0. The summed E-state index contributed by atoms with van der Waals surface area (Å²) in [5, 5.41) is 2.25. The highest BCUT2D eigenvalue weighted by molar-refractivity contribution is 6.13. The second-order valence-electron chi connectivity index (χ2n) is 6.84. The molecule has 0 aliphatic heterocycles. The average Bonchev–Trinajstić information content (AvgIpc) is 3.17. The monoisotopic (exact) mass is 339 g/mol. The van der Waals surface area contributed by atoms with Gasteiger partial charge >= 0.3 is 0 Å². The first-order chi connectivity index (χ1) is 12.6. The van der Waals surface area contributed by atoms with Gasteiger partial charge in [-0.2, -0.15) is 0 Å². The fraction of sp³-hybridized carbons (Fsp3) is 0.125. The van der Waals surface area contributed by atoms with Crippen LogP contribution in [0.2, 0.25) is 0 Å². The van der Waals surface area contributed by atoms with E-state index in [1.165, 1.54) is 11.3 Å². The maximum Gasteiger partial charge on any atom is 0.193 e. The van der Waals surface area contributed by atoms with Gasteiger partial charge < -0.3 is 4.90 Å². The number of benzene rings is 3. The van der Waals surface area contributed by atoms with Crippen molar-refractivity contribution in [1.29, 1.82) is 0 Å². The summed E-state index contributed by atoms with van der Waals surface area (Å²) in [6.45, 7) is 0. The highest BCUT2D eigenvalue weighted by Crippen LogP contribution is 2.33. The van der Waals surface area contributed by atoms with Crippen LogP contribution in [-0.4, -0.2) is 24.8 Å². The van der Waals surface area contributed by atoms with Crippen molar-refractivity contribution in [2.45, 2.75) is 6.42 Å². The summed E-state index contributed by atoms with van der Waals surface area (Å²) >= 11 is 0. The fourth-order valence-corrected chi connectivity index (χ4v) is 3.45. The van der Waals surface area contributed by atoms with E-state index in [2.05, 4.69) is 35.3 Å². The lowest BCUT2D eigenvalue weighted by atomic mass is 9.90. The third kappa shape index (κ3) is 2.95. The first-order valence-corrected chi connectivity index (χ1v) is 8.84. The fourth-order valence-electron chi connectivity index (χ4n) is 3.45. The van der Waals surface area contributed by atoms with Gasteiger partial charge in [-0.15, -0.1) is 0 Å². The molecule has 0 unspecified atom stereocenters. The Morgan fingerprint density at radius 1 is 0.885 bits per heavy atom. The Hall–Kier alpha value is -3.13. The van der Waals surface area contributed by atoms with Gasteiger partial charge in [0.05, 0.1) is 0 Å². The van der Waals surface area contributed by atoms with Gasteiger partial charge in [0, 0.05) is 30.9 Å². The van der Waals surface area contributed by atoms with Crippen molar-refractivity contribution < 1.29 is 4.79 Å².